The Hall–Kier alpha value is -0.930. The van der Waals surface area contributed by atoms with E-state index in [9.17, 15) is 0 Å². The number of benzene rings is 1. The maximum atomic E-state index is 6.31. The van der Waals surface area contributed by atoms with Gasteiger partial charge in [0.15, 0.2) is 0 Å². The lowest BCUT2D eigenvalue weighted by Crippen LogP contribution is -2.42. The molecule has 1 aliphatic heterocycles. The number of rotatable bonds is 3. The number of methoxy groups -OCH3 is 1. The third-order valence-electron chi connectivity index (χ3n) is 3.68. The van der Waals surface area contributed by atoms with Crippen LogP contribution >= 0.6 is 11.6 Å². The molecule has 0 aliphatic carbocycles. The first-order chi connectivity index (χ1) is 8.63. The van der Waals surface area contributed by atoms with E-state index in [1.54, 1.807) is 7.11 Å². The molecule has 0 amide bonds. The first kappa shape index (κ1) is 13.5. The smallest absolute Gasteiger partial charge is 0.143 e. The van der Waals surface area contributed by atoms with Gasteiger partial charge >= 0.3 is 0 Å². The maximum absolute atomic E-state index is 6.31. The van der Waals surface area contributed by atoms with Crippen molar-refractivity contribution >= 4 is 17.3 Å². The van der Waals surface area contributed by atoms with Crippen molar-refractivity contribution in [3.8, 4) is 5.75 Å². The molecule has 0 unspecified atom stereocenters. The summed E-state index contributed by atoms with van der Waals surface area (Å²) in [5, 5.41) is 0.776. The van der Waals surface area contributed by atoms with Crippen LogP contribution < -0.4 is 9.64 Å². The molecular weight excluding hydrogens is 248 g/mol. The van der Waals surface area contributed by atoms with Crippen LogP contribution in [0.15, 0.2) is 18.2 Å². The first-order valence-electron chi connectivity index (χ1n) is 6.37. The minimum atomic E-state index is 0.676. The van der Waals surface area contributed by atoms with Gasteiger partial charge in [0, 0.05) is 19.1 Å². The van der Waals surface area contributed by atoms with Gasteiger partial charge in [0.1, 0.15) is 5.75 Å². The molecule has 0 radical (unpaired) electrons. The highest BCUT2D eigenvalue weighted by atomic mass is 35.5. The van der Waals surface area contributed by atoms with E-state index in [1.165, 1.54) is 12.8 Å². The minimum Gasteiger partial charge on any atom is -0.495 e. The van der Waals surface area contributed by atoms with E-state index in [0.717, 1.165) is 29.5 Å². The molecule has 1 heterocycles. The lowest BCUT2D eigenvalue weighted by Gasteiger charge is -2.37. The van der Waals surface area contributed by atoms with E-state index < -0.39 is 0 Å². The lowest BCUT2D eigenvalue weighted by molar-refractivity contribution is 0.249. The molecule has 1 saturated heterocycles. The molecule has 0 N–H and O–H groups in total. The second kappa shape index (κ2) is 5.81. The third kappa shape index (κ3) is 2.73. The standard InChI is InChI=1S/C14H21ClN2O/c1-16(2)11-7-9-17(10-8-11)14-12(15)5-4-6-13(14)18-3/h4-6,11H,7-10H2,1-3H3. The van der Waals surface area contributed by atoms with Crippen LogP contribution in [0.1, 0.15) is 12.8 Å². The maximum Gasteiger partial charge on any atom is 0.143 e. The van der Waals surface area contributed by atoms with Crippen molar-refractivity contribution in [2.75, 3.05) is 39.2 Å². The van der Waals surface area contributed by atoms with Crippen molar-refractivity contribution in [1.82, 2.24) is 4.90 Å². The van der Waals surface area contributed by atoms with Gasteiger partial charge in [-0.2, -0.15) is 0 Å². The lowest BCUT2D eigenvalue weighted by atomic mass is 10.0. The predicted octanol–water partition coefficient (Wildman–Crippen LogP) is 2.88. The summed E-state index contributed by atoms with van der Waals surface area (Å²) in [4.78, 5) is 4.64. The number of halogens is 1. The van der Waals surface area contributed by atoms with Crippen molar-refractivity contribution in [3.63, 3.8) is 0 Å². The molecular formula is C14H21ClN2O. The summed E-state index contributed by atoms with van der Waals surface area (Å²) in [5.41, 5.74) is 1.04. The quantitative estimate of drug-likeness (QED) is 0.838. The van der Waals surface area contributed by atoms with Crippen LogP contribution in [0.3, 0.4) is 0 Å². The summed E-state index contributed by atoms with van der Waals surface area (Å²) in [6.45, 7) is 2.06. The van der Waals surface area contributed by atoms with E-state index in [0.29, 0.717) is 6.04 Å². The molecule has 1 aromatic carbocycles. The van der Waals surface area contributed by atoms with Gasteiger partial charge in [-0.05, 0) is 39.1 Å². The number of hydrogen-bond acceptors (Lipinski definition) is 3. The van der Waals surface area contributed by atoms with Crippen LogP contribution in [0, 0.1) is 0 Å². The van der Waals surface area contributed by atoms with Gasteiger partial charge in [-0.15, -0.1) is 0 Å². The largest absolute Gasteiger partial charge is 0.495 e. The van der Waals surface area contributed by atoms with Gasteiger partial charge in [0.2, 0.25) is 0 Å². The summed E-state index contributed by atoms with van der Waals surface area (Å²) in [6.07, 6.45) is 2.34. The Labute approximate surface area is 114 Å². The summed E-state index contributed by atoms with van der Waals surface area (Å²) in [6, 6.07) is 6.50. The molecule has 3 nitrogen and oxygen atoms in total. The third-order valence-corrected chi connectivity index (χ3v) is 3.99. The molecule has 100 valence electrons. The fourth-order valence-corrected chi connectivity index (χ4v) is 2.86. The Bertz CT molecular complexity index is 401. The minimum absolute atomic E-state index is 0.676. The monoisotopic (exact) mass is 268 g/mol. The molecule has 2 rings (SSSR count). The first-order valence-corrected chi connectivity index (χ1v) is 6.75. The number of piperidine rings is 1. The fraction of sp³-hybridized carbons (Fsp3) is 0.571. The molecule has 18 heavy (non-hydrogen) atoms. The number of anilines is 1. The highest BCUT2D eigenvalue weighted by Gasteiger charge is 2.23. The van der Waals surface area contributed by atoms with Crippen LogP contribution in [0.25, 0.3) is 0 Å². The molecule has 1 aliphatic rings. The Morgan fingerprint density at radius 2 is 1.94 bits per heavy atom. The van der Waals surface area contributed by atoms with E-state index in [1.807, 2.05) is 18.2 Å². The summed E-state index contributed by atoms with van der Waals surface area (Å²) in [5.74, 6) is 0.866. The zero-order valence-electron chi connectivity index (χ0n) is 11.3. The molecule has 0 bridgehead atoms. The highest BCUT2D eigenvalue weighted by Crippen LogP contribution is 2.37. The van der Waals surface area contributed by atoms with Crippen LogP contribution in [-0.4, -0.2) is 45.2 Å². The second-order valence-electron chi connectivity index (χ2n) is 4.97. The Morgan fingerprint density at radius 3 is 2.50 bits per heavy atom. The highest BCUT2D eigenvalue weighted by molar-refractivity contribution is 6.33. The molecule has 1 aromatic rings. The second-order valence-corrected chi connectivity index (χ2v) is 5.38. The van der Waals surface area contributed by atoms with Gasteiger partial charge in [-0.1, -0.05) is 17.7 Å². The normalized spacial score (nSPS) is 17.3. The van der Waals surface area contributed by atoms with Crippen molar-refractivity contribution in [1.29, 1.82) is 0 Å². The number of ether oxygens (including phenoxy) is 1. The fourth-order valence-electron chi connectivity index (χ4n) is 2.57. The summed E-state index contributed by atoms with van der Waals surface area (Å²) >= 11 is 6.31. The zero-order valence-corrected chi connectivity index (χ0v) is 12.1. The molecule has 0 saturated carbocycles. The van der Waals surface area contributed by atoms with Gasteiger partial charge in [0.25, 0.3) is 0 Å². The molecule has 0 atom stereocenters. The zero-order chi connectivity index (χ0) is 13.1. The molecule has 4 heteroatoms. The van der Waals surface area contributed by atoms with Crippen LogP contribution in [0.5, 0.6) is 5.75 Å². The van der Waals surface area contributed by atoms with Gasteiger partial charge in [-0.3, -0.25) is 0 Å². The van der Waals surface area contributed by atoms with Crippen molar-refractivity contribution < 1.29 is 4.74 Å². The van der Waals surface area contributed by atoms with E-state index in [2.05, 4.69) is 23.9 Å². The van der Waals surface area contributed by atoms with Crippen LogP contribution in [0.2, 0.25) is 5.02 Å². The van der Waals surface area contributed by atoms with Crippen LogP contribution in [-0.2, 0) is 0 Å². The van der Waals surface area contributed by atoms with Gasteiger partial charge in [0.05, 0.1) is 17.8 Å². The average Bonchev–Trinajstić information content (AvgIpc) is 2.38. The average molecular weight is 269 g/mol. The molecule has 1 fully saturated rings. The van der Waals surface area contributed by atoms with Crippen LogP contribution in [0.4, 0.5) is 5.69 Å². The molecule has 0 aromatic heterocycles. The summed E-state index contributed by atoms with van der Waals surface area (Å²) in [7, 11) is 5.99. The van der Waals surface area contributed by atoms with Gasteiger partial charge < -0.3 is 14.5 Å². The van der Waals surface area contributed by atoms with Gasteiger partial charge in [-0.25, -0.2) is 0 Å². The summed E-state index contributed by atoms with van der Waals surface area (Å²) < 4.78 is 5.42. The number of para-hydroxylation sites is 1. The predicted molar refractivity (Wildman–Crippen MR) is 76.9 cm³/mol. The SMILES string of the molecule is COc1cccc(Cl)c1N1CCC(N(C)C)CC1. The van der Waals surface area contributed by atoms with E-state index in [-0.39, 0.29) is 0 Å². The topological polar surface area (TPSA) is 15.7 Å². The molecule has 0 spiro atoms. The Morgan fingerprint density at radius 1 is 1.28 bits per heavy atom. The van der Waals surface area contributed by atoms with Crippen molar-refractivity contribution in [2.24, 2.45) is 0 Å². The van der Waals surface area contributed by atoms with E-state index in [4.69, 9.17) is 16.3 Å². The van der Waals surface area contributed by atoms with Crippen molar-refractivity contribution in [2.45, 2.75) is 18.9 Å². The number of nitrogens with zero attached hydrogens (tertiary/aromatic N) is 2. The van der Waals surface area contributed by atoms with E-state index >= 15 is 0 Å². The Balaban J connectivity index is 2.14. The number of hydrogen-bond donors (Lipinski definition) is 0. The Kier molecular flexibility index (Phi) is 4.36. The van der Waals surface area contributed by atoms with Crippen molar-refractivity contribution in [3.05, 3.63) is 23.2 Å².